The highest BCUT2D eigenvalue weighted by molar-refractivity contribution is 5.96. The fourth-order valence-electron chi connectivity index (χ4n) is 7.64. The van der Waals surface area contributed by atoms with Crippen LogP contribution in [-0.2, 0) is 24.6 Å². The monoisotopic (exact) mass is 534 g/mol. The number of rotatable bonds is 7. The molecule has 4 aliphatic heterocycles. The number of carbonyl (C=O) groups excluding carboxylic acids is 1. The van der Waals surface area contributed by atoms with E-state index in [0.29, 0.717) is 25.2 Å². The van der Waals surface area contributed by atoms with Gasteiger partial charge in [-0.2, -0.15) is 0 Å². The zero-order valence-electron chi connectivity index (χ0n) is 22.9. The summed E-state index contributed by atoms with van der Waals surface area (Å²) in [5.74, 6) is 0.688. The first kappa shape index (κ1) is 26.3. The van der Waals surface area contributed by atoms with Crippen LogP contribution in [0.25, 0.3) is 11.1 Å². The van der Waals surface area contributed by atoms with Gasteiger partial charge in [-0.25, -0.2) is 0 Å². The molecule has 0 radical (unpaired) electrons. The number of fused-ring (bicyclic) bond motifs is 2. The number of anilines is 1. The van der Waals surface area contributed by atoms with Gasteiger partial charge in [0.1, 0.15) is 18.0 Å². The minimum absolute atomic E-state index is 0.0663. The number of Topliss-reactive ketones (excluding diaryl/α,β-unsaturated/α-hetero) is 1. The molecule has 0 aliphatic carbocycles. The molecule has 3 fully saturated rings. The molecule has 4 aliphatic rings. The molecule has 0 bridgehead atoms. The second kappa shape index (κ2) is 10.2. The van der Waals surface area contributed by atoms with Crippen molar-refractivity contribution >= 4 is 11.5 Å². The first-order valence-corrected chi connectivity index (χ1v) is 14.0. The molecular weight excluding hydrogens is 496 g/mol. The van der Waals surface area contributed by atoms with Crippen molar-refractivity contribution in [3.8, 4) is 16.9 Å². The van der Waals surface area contributed by atoms with E-state index in [1.165, 1.54) is 6.26 Å². The number of methoxy groups -OCH3 is 2. The largest absolute Gasteiger partial charge is 0.504 e. The maximum absolute atomic E-state index is 12.9. The van der Waals surface area contributed by atoms with E-state index >= 15 is 0 Å². The van der Waals surface area contributed by atoms with Gasteiger partial charge in [-0.3, -0.25) is 9.69 Å². The third kappa shape index (κ3) is 3.91. The number of ketones is 1. The van der Waals surface area contributed by atoms with Gasteiger partial charge in [-0.15, -0.1) is 0 Å². The van der Waals surface area contributed by atoms with Gasteiger partial charge in [0.25, 0.3) is 0 Å². The highest BCUT2D eigenvalue weighted by Crippen LogP contribution is 2.62. The normalized spacial score (nSPS) is 31.8. The van der Waals surface area contributed by atoms with Crippen molar-refractivity contribution in [3.05, 3.63) is 59.9 Å². The molecule has 0 aromatic heterocycles. The van der Waals surface area contributed by atoms with E-state index in [0.717, 1.165) is 54.1 Å². The number of nitrogens with zero attached hydrogens (tertiary/aromatic N) is 1. The minimum Gasteiger partial charge on any atom is -0.504 e. The number of aliphatic hydroxyl groups excluding tert-OH is 1. The zero-order valence-corrected chi connectivity index (χ0v) is 22.9. The maximum Gasteiger partial charge on any atom is 0.188 e. The number of nitrogens with one attached hydrogen (secondary N) is 1. The molecule has 2 aromatic carbocycles. The molecule has 0 unspecified atom stereocenters. The van der Waals surface area contributed by atoms with E-state index in [1.807, 2.05) is 18.2 Å². The van der Waals surface area contributed by atoms with Crippen molar-refractivity contribution in [2.24, 2.45) is 11.8 Å². The van der Waals surface area contributed by atoms with Gasteiger partial charge in [0.05, 0.1) is 45.3 Å². The van der Waals surface area contributed by atoms with Crippen LogP contribution >= 0.6 is 0 Å². The molecular formula is C31H38N2O6. The summed E-state index contributed by atoms with van der Waals surface area (Å²) in [6.45, 7) is 4.28. The van der Waals surface area contributed by atoms with Crippen LogP contribution in [0, 0.1) is 11.8 Å². The van der Waals surface area contributed by atoms with Crippen molar-refractivity contribution in [1.29, 1.82) is 0 Å². The van der Waals surface area contributed by atoms with Crippen LogP contribution in [-0.4, -0.2) is 74.7 Å². The zero-order chi connectivity index (χ0) is 27.2. The smallest absolute Gasteiger partial charge is 0.188 e. The van der Waals surface area contributed by atoms with Crippen molar-refractivity contribution in [3.63, 3.8) is 0 Å². The molecule has 2 aromatic rings. The third-order valence-corrected chi connectivity index (χ3v) is 9.33. The van der Waals surface area contributed by atoms with E-state index in [-0.39, 0.29) is 23.7 Å². The molecule has 39 heavy (non-hydrogen) atoms. The number of aliphatic hydroxyl groups is 1. The Kier molecular flexibility index (Phi) is 6.91. The van der Waals surface area contributed by atoms with Gasteiger partial charge in [0.2, 0.25) is 0 Å². The Hall–Kier alpha value is -2.91. The fraction of sp³-hybridized carbons (Fsp3) is 0.516. The van der Waals surface area contributed by atoms with Gasteiger partial charge >= 0.3 is 0 Å². The van der Waals surface area contributed by atoms with Crippen LogP contribution < -0.4 is 10.1 Å². The highest BCUT2D eigenvalue weighted by atomic mass is 16.6. The second-order valence-corrected chi connectivity index (χ2v) is 11.0. The molecule has 3 saturated heterocycles. The van der Waals surface area contributed by atoms with Crippen LogP contribution in [0.5, 0.6) is 5.75 Å². The van der Waals surface area contributed by atoms with Crippen LogP contribution in [0.3, 0.4) is 0 Å². The summed E-state index contributed by atoms with van der Waals surface area (Å²) in [7, 11) is 3.26. The van der Waals surface area contributed by atoms with E-state index in [2.05, 4.69) is 41.4 Å². The van der Waals surface area contributed by atoms with Gasteiger partial charge < -0.3 is 29.4 Å². The van der Waals surface area contributed by atoms with Crippen LogP contribution in [0.2, 0.25) is 0 Å². The van der Waals surface area contributed by atoms with Crippen molar-refractivity contribution < 1.29 is 28.8 Å². The molecule has 0 amide bonds. The number of carbonyl (C=O) groups is 1. The molecule has 4 heterocycles. The van der Waals surface area contributed by atoms with Crippen LogP contribution in [0.4, 0.5) is 5.69 Å². The lowest BCUT2D eigenvalue weighted by molar-refractivity contribution is -0.297. The van der Waals surface area contributed by atoms with Gasteiger partial charge in [-0.05, 0) is 47.9 Å². The Balaban J connectivity index is 1.46. The number of benzene rings is 2. The molecule has 5 atom stereocenters. The number of hydrogen-bond donors (Lipinski definition) is 2. The van der Waals surface area contributed by atoms with E-state index in [1.54, 1.807) is 14.2 Å². The van der Waals surface area contributed by atoms with E-state index in [4.69, 9.17) is 18.9 Å². The van der Waals surface area contributed by atoms with Gasteiger partial charge in [-0.1, -0.05) is 43.7 Å². The topological polar surface area (TPSA) is 89.5 Å². The second-order valence-electron chi connectivity index (χ2n) is 11.0. The Labute approximate surface area is 229 Å². The summed E-state index contributed by atoms with van der Waals surface area (Å²) in [5, 5.41) is 13.6. The summed E-state index contributed by atoms with van der Waals surface area (Å²) >= 11 is 0. The summed E-state index contributed by atoms with van der Waals surface area (Å²) in [4.78, 5) is 15.4. The Morgan fingerprint density at radius 1 is 1.18 bits per heavy atom. The first-order chi connectivity index (χ1) is 19.0. The summed E-state index contributed by atoms with van der Waals surface area (Å²) in [6, 6.07) is 14.5. The highest BCUT2D eigenvalue weighted by Gasteiger charge is 2.70. The van der Waals surface area contributed by atoms with Crippen molar-refractivity contribution in [2.75, 3.05) is 52.4 Å². The number of hydrogen-bond acceptors (Lipinski definition) is 8. The molecule has 8 heteroatoms. The lowest BCUT2D eigenvalue weighted by Crippen LogP contribution is -2.75. The first-order valence-electron chi connectivity index (χ1n) is 14.0. The van der Waals surface area contributed by atoms with Crippen LogP contribution in [0.1, 0.15) is 31.7 Å². The van der Waals surface area contributed by atoms with Crippen molar-refractivity contribution in [1.82, 2.24) is 4.90 Å². The SMILES string of the molecule is CC[C@@H]1CN2CC[C@@]34OCCO[C@@]3(Nc3cc(-c5ccccc5)cc(OC)c34)[C@@H]2C[C@@H]1/C(=C\OC)C(=O)CO. The quantitative estimate of drug-likeness (QED) is 0.408. The van der Waals surface area contributed by atoms with Gasteiger partial charge in [0, 0.05) is 24.4 Å². The number of ether oxygens (including phenoxy) is 4. The average Bonchev–Trinajstić information content (AvgIpc) is 3.30. The van der Waals surface area contributed by atoms with Crippen LogP contribution in [0.15, 0.2) is 54.3 Å². The molecule has 0 saturated carbocycles. The van der Waals surface area contributed by atoms with E-state index in [9.17, 15) is 9.90 Å². The Morgan fingerprint density at radius 3 is 2.69 bits per heavy atom. The molecule has 8 nitrogen and oxygen atoms in total. The maximum atomic E-state index is 12.9. The number of piperidine rings is 2. The molecule has 6 rings (SSSR count). The lowest BCUT2D eigenvalue weighted by atomic mass is 9.66. The standard InChI is InChI=1S/C31H38N2O6/c1-4-20-17-33-11-10-30-29-25(14-22(15-27(29)37-3)21-8-6-5-7-9-21)32-31(30,39-13-12-38-30)28(33)16-23(20)24(19-36-2)26(35)18-34/h5-9,14-15,19-20,23,28,32,34H,4,10-13,16-18H2,1-3H3/b24-19+/t20-,23+,28+,30+,31+/m1/s1. The summed E-state index contributed by atoms with van der Waals surface area (Å²) in [6.07, 6.45) is 3.89. The minimum atomic E-state index is -0.841. The fourth-order valence-corrected chi connectivity index (χ4v) is 7.64. The summed E-state index contributed by atoms with van der Waals surface area (Å²) < 4.78 is 24.9. The molecule has 2 N–H and O–H groups in total. The van der Waals surface area contributed by atoms with Crippen molar-refractivity contribution in [2.45, 2.75) is 43.6 Å². The van der Waals surface area contributed by atoms with Gasteiger partial charge in [0.15, 0.2) is 11.5 Å². The average molecular weight is 535 g/mol. The molecule has 208 valence electrons. The lowest BCUT2D eigenvalue weighted by Gasteiger charge is -2.61. The Bertz CT molecular complexity index is 1270. The Morgan fingerprint density at radius 2 is 1.97 bits per heavy atom. The predicted molar refractivity (Wildman–Crippen MR) is 147 cm³/mol. The van der Waals surface area contributed by atoms with E-state index < -0.39 is 17.9 Å². The molecule has 0 spiro atoms. The third-order valence-electron chi connectivity index (χ3n) is 9.33. The summed E-state index contributed by atoms with van der Waals surface area (Å²) in [5.41, 5.74) is 3.13. The predicted octanol–water partition coefficient (Wildman–Crippen LogP) is 3.94.